The number of fused-ring (bicyclic) bond motifs is 3. The molecule has 0 amide bonds. The summed E-state index contributed by atoms with van der Waals surface area (Å²) in [4.78, 5) is 2.20. The minimum Gasteiger partial charge on any atom is -0.454 e. The van der Waals surface area contributed by atoms with Crippen LogP contribution < -0.4 is 10.4 Å². The van der Waals surface area contributed by atoms with Crippen LogP contribution in [-0.2, 0) is 0 Å². The van der Waals surface area contributed by atoms with Crippen molar-refractivity contribution in [2.75, 3.05) is 4.90 Å². The van der Waals surface area contributed by atoms with Gasteiger partial charge < -0.3 is 9.32 Å². The van der Waals surface area contributed by atoms with Gasteiger partial charge in [0.05, 0.1) is 5.69 Å². The lowest BCUT2D eigenvalue weighted by Crippen LogP contribution is -2.11. The average molecular weight is 345 g/mol. The number of para-hydroxylation sites is 3. The van der Waals surface area contributed by atoms with Crippen molar-refractivity contribution in [3.8, 4) is 0 Å². The van der Waals surface area contributed by atoms with Gasteiger partial charge in [0.15, 0.2) is 5.58 Å². The fourth-order valence-corrected chi connectivity index (χ4v) is 3.54. The van der Waals surface area contributed by atoms with Crippen molar-refractivity contribution in [1.82, 2.24) is 0 Å². The van der Waals surface area contributed by atoms with Crippen molar-refractivity contribution in [3.63, 3.8) is 0 Å². The molecule has 5 rings (SSSR count). The van der Waals surface area contributed by atoms with Gasteiger partial charge in [-0.05, 0) is 36.4 Å². The molecule has 1 aromatic heterocycles. The molecular formula is C24H16BNO. The molecule has 1 heterocycles. The van der Waals surface area contributed by atoms with Crippen LogP contribution in [0.4, 0.5) is 17.1 Å². The van der Waals surface area contributed by atoms with Gasteiger partial charge in [-0.1, -0.05) is 66.1 Å². The van der Waals surface area contributed by atoms with Crippen molar-refractivity contribution in [2.45, 2.75) is 0 Å². The summed E-state index contributed by atoms with van der Waals surface area (Å²) in [5.74, 6) is 0. The molecule has 27 heavy (non-hydrogen) atoms. The second kappa shape index (κ2) is 6.37. The van der Waals surface area contributed by atoms with E-state index >= 15 is 0 Å². The van der Waals surface area contributed by atoms with Gasteiger partial charge in [0.1, 0.15) is 13.4 Å². The van der Waals surface area contributed by atoms with E-state index in [2.05, 4.69) is 41.3 Å². The maximum Gasteiger partial charge on any atom is 0.159 e. The molecule has 0 aliphatic heterocycles. The first-order chi connectivity index (χ1) is 13.3. The van der Waals surface area contributed by atoms with E-state index in [0.717, 1.165) is 44.5 Å². The molecule has 126 valence electrons. The number of nitrogens with zero attached hydrogens (tertiary/aromatic N) is 1. The molecule has 0 fully saturated rings. The van der Waals surface area contributed by atoms with Gasteiger partial charge in [0.25, 0.3) is 0 Å². The highest BCUT2D eigenvalue weighted by Gasteiger charge is 2.18. The van der Waals surface area contributed by atoms with E-state index in [1.54, 1.807) is 0 Å². The normalized spacial score (nSPS) is 11.1. The third-order valence-corrected chi connectivity index (χ3v) is 4.79. The summed E-state index contributed by atoms with van der Waals surface area (Å²) in [6, 6.07) is 32.6. The average Bonchev–Trinajstić information content (AvgIpc) is 3.10. The summed E-state index contributed by atoms with van der Waals surface area (Å²) < 4.78 is 6.26. The summed E-state index contributed by atoms with van der Waals surface area (Å²) >= 11 is 0. The number of benzene rings is 4. The number of furan rings is 1. The lowest BCUT2D eigenvalue weighted by molar-refractivity contribution is 0.669. The lowest BCUT2D eigenvalue weighted by Gasteiger charge is -2.25. The fourth-order valence-electron chi connectivity index (χ4n) is 3.54. The predicted octanol–water partition coefficient (Wildman–Crippen LogP) is 5.85. The van der Waals surface area contributed by atoms with Crippen LogP contribution in [0.3, 0.4) is 0 Å². The number of rotatable bonds is 3. The maximum atomic E-state index is 6.26. The van der Waals surface area contributed by atoms with E-state index in [9.17, 15) is 0 Å². The second-order valence-corrected chi connectivity index (χ2v) is 6.51. The van der Waals surface area contributed by atoms with Crippen molar-refractivity contribution < 1.29 is 4.42 Å². The molecule has 0 saturated carbocycles. The van der Waals surface area contributed by atoms with E-state index in [-0.39, 0.29) is 0 Å². The minimum atomic E-state index is 0.744. The summed E-state index contributed by atoms with van der Waals surface area (Å²) in [6.45, 7) is 0. The van der Waals surface area contributed by atoms with Gasteiger partial charge >= 0.3 is 0 Å². The highest BCUT2D eigenvalue weighted by Crippen LogP contribution is 2.41. The van der Waals surface area contributed by atoms with Crippen LogP contribution in [0.2, 0.25) is 0 Å². The number of anilines is 3. The van der Waals surface area contributed by atoms with Crippen molar-refractivity contribution in [1.29, 1.82) is 0 Å². The Hall–Kier alpha value is -3.46. The zero-order valence-electron chi connectivity index (χ0n) is 14.7. The topological polar surface area (TPSA) is 16.4 Å². The highest BCUT2D eigenvalue weighted by molar-refractivity contribution is 6.32. The Bertz CT molecular complexity index is 1230. The maximum absolute atomic E-state index is 6.26. The van der Waals surface area contributed by atoms with E-state index in [1.807, 2.05) is 60.7 Å². The van der Waals surface area contributed by atoms with Crippen LogP contribution in [-0.4, -0.2) is 7.85 Å². The van der Waals surface area contributed by atoms with Crippen molar-refractivity contribution in [2.24, 2.45) is 0 Å². The molecule has 0 aliphatic rings. The molecule has 0 unspecified atom stereocenters. The molecule has 2 radical (unpaired) electrons. The molecule has 0 bridgehead atoms. The highest BCUT2D eigenvalue weighted by atomic mass is 16.3. The molecule has 0 aliphatic carbocycles. The van der Waals surface area contributed by atoms with E-state index in [1.165, 1.54) is 0 Å². The van der Waals surface area contributed by atoms with Gasteiger partial charge in [-0.2, -0.15) is 0 Å². The van der Waals surface area contributed by atoms with Gasteiger partial charge in [0.2, 0.25) is 0 Å². The summed E-state index contributed by atoms with van der Waals surface area (Å²) in [5, 5.41) is 2.24. The van der Waals surface area contributed by atoms with E-state index in [0.29, 0.717) is 0 Å². The summed E-state index contributed by atoms with van der Waals surface area (Å²) in [7, 11) is 5.91. The molecule has 0 atom stereocenters. The SMILES string of the molecule is [B]c1ccc(N(c2ccccc2)c2cccc3c2oc2ccccc23)cc1. The van der Waals surface area contributed by atoms with Gasteiger partial charge in [-0.3, -0.25) is 0 Å². The molecule has 5 aromatic rings. The molecule has 4 aromatic carbocycles. The summed E-state index contributed by atoms with van der Waals surface area (Å²) in [6.07, 6.45) is 0. The fraction of sp³-hybridized carbons (Fsp3) is 0. The first-order valence-corrected chi connectivity index (χ1v) is 8.92. The molecule has 2 nitrogen and oxygen atoms in total. The van der Waals surface area contributed by atoms with Crippen LogP contribution in [0, 0.1) is 0 Å². The van der Waals surface area contributed by atoms with Crippen molar-refractivity contribution in [3.05, 3.63) is 97.1 Å². The largest absolute Gasteiger partial charge is 0.454 e. The third kappa shape index (κ3) is 2.68. The van der Waals surface area contributed by atoms with E-state index in [4.69, 9.17) is 12.3 Å². The zero-order chi connectivity index (χ0) is 18.2. The zero-order valence-corrected chi connectivity index (χ0v) is 14.7. The molecular weight excluding hydrogens is 329 g/mol. The van der Waals surface area contributed by atoms with Gasteiger partial charge in [-0.15, -0.1) is 0 Å². The Balaban J connectivity index is 1.80. The third-order valence-electron chi connectivity index (χ3n) is 4.79. The smallest absolute Gasteiger partial charge is 0.159 e. The van der Waals surface area contributed by atoms with E-state index < -0.39 is 0 Å². The monoisotopic (exact) mass is 345 g/mol. The Kier molecular flexibility index (Phi) is 3.72. The van der Waals surface area contributed by atoms with Gasteiger partial charge in [0, 0.05) is 22.1 Å². The van der Waals surface area contributed by atoms with Crippen molar-refractivity contribution >= 4 is 52.3 Å². The molecule has 0 N–H and O–H groups in total. The first kappa shape index (κ1) is 15.8. The summed E-state index contributed by atoms with van der Waals surface area (Å²) in [5.41, 5.74) is 5.61. The molecule has 0 saturated heterocycles. The second-order valence-electron chi connectivity index (χ2n) is 6.51. The molecule has 0 spiro atoms. The van der Waals surface area contributed by atoms with Crippen LogP contribution in [0.25, 0.3) is 21.9 Å². The quantitative estimate of drug-likeness (QED) is 0.381. The molecule has 3 heteroatoms. The minimum absolute atomic E-state index is 0.744. The predicted molar refractivity (Wildman–Crippen MR) is 114 cm³/mol. The Labute approximate surface area is 159 Å². The Morgan fingerprint density at radius 1 is 0.593 bits per heavy atom. The standard InChI is InChI=1S/C24H16BNO/c25-17-13-15-19(16-14-17)26(18-7-2-1-3-8-18)22-11-6-10-21-20-9-4-5-12-23(20)27-24(21)22/h1-16H. The lowest BCUT2D eigenvalue weighted by atomic mass is 9.96. The van der Waals surface area contributed by atoms with Crippen LogP contribution in [0.1, 0.15) is 0 Å². The van der Waals surface area contributed by atoms with Gasteiger partial charge in [-0.25, -0.2) is 0 Å². The Morgan fingerprint density at radius 3 is 2.07 bits per heavy atom. The van der Waals surface area contributed by atoms with Crippen LogP contribution in [0.5, 0.6) is 0 Å². The Morgan fingerprint density at radius 2 is 1.26 bits per heavy atom. The van der Waals surface area contributed by atoms with Crippen LogP contribution >= 0.6 is 0 Å². The number of hydrogen-bond acceptors (Lipinski definition) is 2. The first-order valence-electron chi connectivity index (χ1n) is 8.92. The number of hydrogen-bond donors (Lipinski definition) is 0. The van der Waals surface area contributed by atoms with Crippen LogP contribution in [0.15, 0.2) is 101 Å².